The van der Waals surface area contributed by atoms with Crippen molar-refractivity contribution in [2.75, 3.05) is 0 Å². The van der Waals surface area contributed by atoms with Gasteiger partial charge in [0.25, 0.3) is 0 Å². The van der Waals surface area contributed by atoms with Crippen molar-refractivity contribution in [1.29, 1.82) is 0 Å². The van der Waals surface area contributed by atoms with Gasteiger partial charge >= 0.3 is 48.5 Å². The van der Waals surface area contributed by atoms with Crippen molar-refractivity contribution >= 4 is 26.5 Å². The molecule has 0 N–H and O–H groups in total. The Kier molecular flexibility index (Phi) is 1.09. The van der Waals surface area contributed by atoms with E-state index in [1.807, 2.05) is 0 Å². The Hall–Kier alpha value is -0.401. The maximum absolute atomic E-state index is 10.2. The summed E-state index contributed by atoms with van der Waals surface area (Å²) in [5, 5.41) is 0. The molecule has 0 aliphatic carbocycles. The number of allylic oxidation sites excluding steroid dienone is 1. The van der Waals surface area contributed by atoms with Crippen LogP contribution in [-0.2, 0) is 4.79 Å². The molecule has 0 fully saturated rings. The van der Waals surface area contributed by atoms with Crippen molar-refractivity contribution in [3.05, 3.63) is 12.2 Å². The maximum atomic E-state index is 10.2. The number of carbonyl (C=O) groups excluding carboxylic acids is 1. The van der Waals surface area contributed by atoms with Gasteiger partial charge in [-0.15, -0.1) is 0 Å². The molecule has 1 amide bonds. The van der Waals surface area contributed by atoms with E-state index in [-0.39, 0.29) is 5.91 Å². The van der Waals surface area contributed by atoms with E-state index < -0.39 is 0 Å². The molecule has 0 atom stereocenters. The Morgan fingerprint density at radius 3 is 2.43 bits per heavy atom. The van der Waals surface area contributed by atoms with Gasteiger partial charge in [-0.1, -0.05) is 0 Å². The number of hydrogen-bond donors (Lipinski definition) is 0. The summed E-state index contributed by atoms with van der Waals surface area (Å²) in [6.07, 6.45) is 3.06. The topological polar surface area (TPSA) is 29.4 Å². The molecule has 0 aromatic heterocycles. The van der Waals surface area contributed by atoms with Crippen molar-refractivity contribution < 1.29 is 4.79 Å². The Balaban J connectivity index is 2.88. The van der Waals surface area contributed by atoms with E-state index in [4.69, 9.17) is 0 Å². The average Bonchev–Trinajstić information content (AvgIpc) is 1.87. The number of hydrogen-bond acceptors (Lipinski definition) is 1. The zero-order valence-corrected chi connectivity index (χ0v) is 5.13. The summed E-state index contributed by atoms with van der Waals surface area (Å²) < 4.78 is 0.671. The summed E-state index contributed by atoms with van der Waals surface area (Å²) >= 11 is 2.61. The molecule has 35 valence electrons. The van der Waals surface area contributed by atoms with Gasteiger partial charge < -0.3 is 0 Å². The number of aliphatic imine (C=N–C) groups is 1. The normalized spacial score (nSPS) is 17.7. The molecule has 2 nitrogen and oxygen atoms in total. The minimum atomic E-state index is -0.172. The van der Waals surface area contributed by atoms with Crippen LogP contribution in [0.5, 0.6) is 0 Å². The molecule has 0 aromatic rings. The Morgan fingerprint density at radius 2 is 2.29 bits per heavy atom. The van der Waals surface area contributed by atoms with Crippen LogP contribution in [-0.4, -0.2) is 26.5 Å². The Labute approximate surface area is 49.1 Å². The quantitative estimate of drug-likeness (QED) is 0.444. The molecule has 0 unspecified atom stereocenters. The van der Waals surface area contributed by atoms with E-state index in [2.05, 4.69) is 21.0 Å². The van der Waals surface area contributed by atoms with Crippen LogP contribution >= 0.6 is 0 Å². The first kappa shape index (κ1) is 4.75. The third-order valence-corrected chi connectivity index (χ3v) is 1.07. The van der Waals surface area contributed by atoms with E-state index in [9.17, 15) is 4.79 Å². The van der Waals surface area contributed by atoms with E-state index >= 15 is 0 Å². The number of amides is 1. The molecular weight excluding hydrogens is 157 g/mol. The molecule has 1 heterocycles. The van der Waals surface area contributed by atoms with Gasteiger partial charge in [-0.25, -0.2) is 0 Å². The SMILES string of the molecule is O=C1C=CC([Se])=N1. The van der Waals surface area contributed by atoms with Gasteiger partial charge in [0.15, 0.2) is 0 Å². The first-order valence-corrected chi connectivity index (χ1v) is 2.62. The average molecular weight is 159 g/mol. The van der Waals surface area contributed by atoms with Crippen LogP contribution in [0.3, 0.4) is 0 Å². The van der Waals surface area contributed by atoms with Gasteiger partial charge in [-0.2, -0.15) is 0 Å². The number of rotatable bonds is 0. The number of nitrogens with zero attached hydrogens (tertiary/aromatic N) is 1. The third-order valence-electron chi connectivity index (χ3n) is 0.589. The molecular formula is C4H2NOSe. The summed E-state index contributed by atoms with van der Waals surface area (Å²) in [5.41, 5.74) is 0. The van der Waals surface area contributed by atoms with Crippen LogP contribution in [0.2, 0.25) is 0 Å². The molecule has 3 heteroatoms. The molecule has 0 bridgehead atoms. The summed E-state index contributed by atoms with van der Waals surface area (Å²) in [6, 6.07) is 0. The van der Waals surface area contributed by atoms with Crippen LogP contribution in [0.1, 0.15) is 0 Å². The summed E-state index contributed by atoms with van der Waals surface area (Å²) in [6.45, 7) is 0. The molecule has 1 rings (SSSR count). The fraction of sp³-hybridized carbons (Fsp3) is 0. The molecule has 0 aromatic carbocycles. The zero-order valence-electron chi connectivity index (χ0n) is 3.42. The summed E-state index contributed by atoms with van der Waals surface area (Å²) in [5.74, 6) is -0.172. The van der Waals surface area contributed by atoms with E-state index in [0.29, 0.717) is 4.61 Å². The minimum absolute atomic E-state index is 0.172. The molecule has 1 radical (unpaired) electrons. The zero-order chi connectivity index (χ0) is 5.28. The van der Waals surface area contributed by atoms with Crippen LogP contribution in [0.25, 0.3) is 0 Å². The predicted octanol–water partition coefficient (Wildman–Crippen LogP) is -0.350. The molecule has 0 spiro atoms. The third kappa shape index (κ3) is 0.981. The second-order valence-corrected chi connectivity index (χ2v) is 2.00. The van der Waals surface area contributed by atoms with Gasteiger partial charge in [0.1, 0.15) is 0 Å². The molecule has 1 aliphatic heterocycles. The van der Waals surface area contributed by atoms with Gasteiger partial charge in [0.05, 0.1) is 0 Å². The fourth-order valence-electron chi connectivity index (χ4n) is 0.326. The Morgan fingerprint density at radius 1 is 1.57 bits per heavy atom. The van der Waals surface area contributed by atoms with Gasteiger partial charge in [-0.3, -0.25) is 0 Å². The van der Waals surface area contributed by atoms with Crippen molar-refractivity contribution in [1.82, 2.24) is 0 Å². The number of carbonyl (C=O) groups is 1. The monoisotopic (exact) mass is 160 g/mol. The van der Waals surface area contributed by atoms with E-state index in [1.54, 1.807) is 6.08 Å². The Bertz CT molecular complexity index is 159. The second kappa shape index (κ2) is 1.60. The first-order valence-electron chi connectivity index (χ1n) is 1.77. The van der Waals surface area contributed by atoms with Crippen LogP contribution in [0.15, 0.2) is 17.1 Å². The van der Waals surface area contributed by atoms with Gasteiger partial charge in [-0.05, 0) is 0 Å². The van der Waals surface area contributed by atoms with Crippen molar-refractivity contribution in [2.45, 2.75) is 0 Å². The van der Waals surface area contributed by atoms with Crippen LogP contribution in [0.4, 0.5) is 0 Å². The van der Waals surface area contributed by atoms with Gasteiger partial charge in [0, 0.05) is 0 Å². The predicted molar refractivity (Wildman–Crippen MR) is 27.3 cm³/mol. The van der Waals surface area contributed by atoms with Crippen LogP contribution in [0, 0.1) is 0 Å². The van der Waals surface area contributed by atoms with Crippen molar-refractivity contribution in [2.24, 2.45) is 4.99 Å². The summed E-state index contributed by atoms with van der Waals surface area (Å²) in [7, 11) is 0. The molecule has 7 heavy (non-hydrogen) atoms. The first-order chi connectivity index (χ1) is 3.29. The van der Waals surface area contributed by atoms with Crippen molar-refractivity contribution in [3.8, 4) is 0 Å². The van der Waals surface area contributed by atoms with Gasteiger partial charge in [0.2, 0.25) is 0 Å². The second-order valence-electron chi connectivity index (χ2n) is 1.12. The molecule has 0 saturated heterocycles. The van der Waals surface area contributed by atoms with E-state index in [0.717, 1.165) is 0 Å². The van der Waals surface area contributed by atoms with Crippen molar-refractivity contribution in [3.63, 3.8) is 0 Å². The standard InChI is InChI=1S/C4H2NOSe/c6-3-1-2-4(7)5-3/h1-2H. The molecule has 0 saturated carbocycles. The molecule has 1 aliphatic rings. The van der Waals surface area contributed by atoms with Crippen LogP contribution < -0.4 is 0 Å². The fourth-order valence-corrected chi connectivity index (χ4v) is 0.657. The van der Waals surface area contributed by atoms with E-state index in [1.165, 1.54) is 6.08 Å². The summed E-state index contributed by atoms with van der Waals surface area (Å²) in [4.78, 5) is 13.7.